The van der Waals surface area contributed by atoms with E-state index in [0.717, 1.165) is 48.1 Å². The molecule has 3 aromatic carbocycles. The van der Waals surface area contributed by atoms with Gasteiger partial charge >= 0.3 is 5.97 Å². The molecule has 47 heavy (non-hydrogen) atoms. The monoisotopic (exact) mass is 635 g/mol. The highest BCUT2D eigenvalue weighted by Crippen LogP contribution is 2.27. The summed E-state index contributed by atoms with van der Waals surface area (Å²) in [5, 5.41) is 3.80. The molecule has 0 bridgehead atoms. The van der Waals surface area contributed by atoms with Crippen LogP contribution in [0.15, 0.2) is 84.9 Å². The Balaban J connectivity index is 1.26. The van der Waals surface area contributed by atoms with E-state index in [2.05, 4.69) is 17.3 Å². The van der Waals surface area contributed by atoms with Gasteiger partial charge in [-0.05, 0) is 94.1 Å². The second-order valence-electron chi connectivity index (χ2n) is 12.4. The molecule has 8 heteroatoms. The standard InChI is InChI=1S/C39H45N3O5/c1-42-25-11-15-30(42)14-10-19-37(43)35(18-8-9-20-38(44)47-27-28-12-4-3-5-13-28)41-39(45)33-26-36(29-21-23-31(46-2)24-22-29)40-34-17-7-6-16-32(33)34/h3-7,12-13,16-17,21-24,26,30,35H,8-11,14-15,18-20,25,27H2,1-2H3,(H,41,45). The number of ketones is 1. The molecule has 1 fully saturated rings. The van der Waals surface area contributed by atoms with E-state index >= 15 is 0 Å². The van der Waals surface area contributed by atoms with Gasteiger partial charge in [-0.25, -0.2) is 4.98 Å². The molecule has 4 aromatic rings. The number of benzene rings is 3. The van der Waals surface area contributed by atoms with E-state index in [1.54, 1.807) is 13.2 Å². The Hall–Kier alpha value is -4.56. The number of aromatic nitrogens is 1. The number of ether oxygens (including phenoxy) is 2. The number of carbonyl (C=O) groups is 3. The number of Topliss-reactive ketones (excluding diaryl/α,β-unsaturated/α-hetero) is 1. The third kappa shape index (κ3) is 9.48. The third-order valence-corrected chi connectivity index (χ3v) is 9.04. The van der Waals surface area contributed by atoms with Crippen molar-refractivity contribution in [2.75, 3.05) is 20.7 Å². The average Bonchev–Trinajstić information content (AvgIpc) is 3.52. The quantitative estimate of drug-likeness (QED) is 0.103. The number of rotatable bonds is 16. The Bertz CT molecular complexity index is 1640. The Morgan fingerprint density at radius 1 is 0.936 bits per heavy atom. The molecule has 1 saturated heterocycles. The van der Waals surface area contributed by atoms with Crippen molar-refractivity contribution in [2.24, 2.45) is 0 Å². The minimum Gasteiger partial charge on any atom is -0.497 e. The molecule has 1 aliphatic heterocycles. The number of unbranched alkanes of at least 4 members (excludes halogenated alkanes) is 1. The number of para-hydroxylation sites is 1. The maximum Gasteiger partial charge on any atom is 0.306 e. The fraction of sp³-hybridized carbons (Fsp3) is 0.385. The van der Waals surface area contributed by atoms with Crippen LogP contribution in [0.5, 0.6) is 5.75 Å². The molecule has 246 valence electrons. The highest BCUT2D eigenvalue weighted by molar-refractivity contribution is 6.08. The summed E-state index contributed by atoms with van der Waals surface area (Å²) in [7, 11) is 3.76. The molecule has 0 radical (unpaired) electrons. The van der Waals surface area contributed by atoms with Crippen LogP contribution in [0.4, 0.5) is 0 Å². The highest BCUT2D eigenvalue weighted by Gasteiger charge is 2.25. The molecule has 1 aromatic heterocycles. The van der Waals surface area contributed by atoms with Crippen molar-refractivity contribution in [1.82, 2.24) is 15.2 Å². The number of nitrogens with zero attached hydrogens (tertiary/aromatic N) is 2. The lowest BCUT2D eigenvalue weighted by Gasteiger charge is -2.21. The summed E-state index contributed by atoms with van der Waals surface area (Å²) in [6.45, 7) is 1.34. The van der Waals surface area contributed by atoms with Crippen molar-refractivity contribution in [3.8, 4) is 17.0 Å². The molecule has 2 unspecified atom stereocenters. The van der Waals surface area contributed by atoms with Crippen molar-refractivity contribution in [2.45, 2.75) is 76.5 Å². The Kier molecular flexibility index (Phi) is 12.1. The first kappa shape index (κ1) is 33.8. The topological polar surface area (TPSA) is 97.8 Å². The number of methoxy groups -OCH3 is 1. The zero-order valence-corrected chi connectivity index (χ0v) is 27.5. The molecule has 1 aliphatic rings. The van der Waals surface area contributed by atoms with E-state index in [1.807, 2.05) is 78.9 Å². The van der Waals surface area contributed by atoms with E-state index in [0.29, 0.717) is 48.5 Å². The van der Waals surface area contributed by atoms with Crippen molar-refractivity contribution in [3.63, 3.8) is 0 Å². The lowest BCUT2D eigenvalue weighted by molar-refractivity contribution is -0.145. The lowest BCUT2D eigenvalue weighted by Crippen LogP contribution is -2.41. The largest absolute Gasteiger partial charge is 0.497 e. The van der Waals surface area contributed by atoms with Crippen LogP contribution in [-0.4, -0.2) is 60.3 Å². The molecule has 1 N–H and O–H groups in total. The number of hydrogen-bond acceptors (Lipinski definition) is 7. The molecular weight excluding hydrogens is 590 g/mol. The van der Waals surface area contributed by atoms with Crippen LogP contribution < -0.4 is 10.1 Å². The summed E-state index contributed by atoms with van der Waals surface area (Å²) >= 11 is 0. The predicted molar refractivity (Wildman–Crippen MR) is 184 cm³/mol. The second kappa shape index (κ2) is 16.8. The molecule has 0 saturated carbocycles. The van der Waals surface area contributed by atoms with Crippen LogP contribution in [0.2, 0.25) is 0 Å². The van der Waals surface area contributed by atoms with E-state index in [-0.39, 0.29) is 30.7 Å². The molecule has 8 nitrogen and oxygen atoms in total. The van der Waals surface area contributed by atoms with Gasteiger partial charge in [0.05, 0.1) is 29.9 Å². The van der Waals surface area contributed by atoms with Gasteiger partial charge in [0.15, 0.2) is 5.78 Å². The molecule has 0 spiro atoms. The first-order valence-electron chi connectivity index (χ1n) is 16.7. The molecule has 1 amide bonds. The van der Waals surface area contributed by atoms with Gasteiger partial charge in [-0.1, -0.05) is 55.0 Å². The smallest absolute Gasteiger partial charge is 0.306 e. The number of pyridine rings is 1. The summed E-state index contributed by atoms with van der Waals surface area (Å²) in [5.74, 6) is 0.183. The summed E-state index contributed by atoms with van der Waals surface area (Å²) in [5.41, 5.74) is 3.62. The maximum atomic E-state index is 14.0. The van der Waals surface area contributed by atoms with Gasteiger partial charge in [0.1, 0.15) is 12.4 Å². The van der Waals surface area contributed by atoms with E-state index in [4.69, 9.17) is 14.5 Å². The lowest BCUT2D eigenvalue weighted by atomic mass is 9.97. The van der Waals surface area contributed by atoms with Crippen LogP contribution in [0.3, 0.4) is 0 Å². The zero-order chi connectivity index (χ0) is 33.0. The van der Waals surface area contributed by atoms with Crippen molar-refractivity contribution >= 4 is 28.6 Å². The van der Waals surface area contributed by atoms with Gasteiger partial charge < -0.3 is 19.7 Å². The summed E-state index contributed by atoms with van der Waals surface area (Å²) in [6, 6.07) is 26.3. The minimum atomic E-state index is -0.652. The number of nitrogens with one attached hydrogen (secondary N) is 1. The van der Waals surface area contributed by atoms with Crippen LogP contribution >= 0.6 is 0 Å². The van der Waals surface area contributed by atoms with E-state index in [1.165, 1.54) is 6.42 Å². The van der Waals surface area contributed by atoms with E-state index < -0.39 is 6.04 Å². The van der Waals surface area contributed by atoms with Crippen LogP contribution in [0, 0.1) is 0 Å². The highest BCUT2D eigenvalue weighted by atomic mass is 16.5. The number of fused-ring (bicyclic) bond motifs is 1. The third-order valence-electron chi connectivity index (χ3n) is 9.04. The number of hydrogen-bond donors (Lipinski definition) is 1. The van der Waals surface area contributed by atoms with Gasteiger partial charge in [0.2, 0.25) is 0 Å². The Morgan fingerprint density at radius 3 is 2.45 bits per heavy atom. The van der Waals surface area contributed by atoms with Gasteiger partial charge in [0, 0.05) is 29.8 Å². The predicted octanol–water partition coefficient (Wildman–Crippen LogP) is 7.15. The first-order chi connectivity index (χ1) is 22.9. The van der Waals surface area contributed by atoms with Gasteiger partial charge in [-0.15, -0.1) is 0 Å². The summed E-state index contributed by atoms with van der Waals surface area (Å²) in [4.78, 5) is 47.1. The second-order valence-corrected chi connectivity index (χ2v) is 12.4. The van der Waals surface area contributed by atoms with Gasteiger partial charge in [0.25, 0.3) is 5.91 Å². The van der Waals surface area contributed by atoms with Crippen molar-refractivity contribution in [1.29, 1.82) is 0 Å². The molecule has 0 aliphatic carbocycles. The SMILES string of the molecule is COc1ccc(-c2cc(C(=O)NC(CCCCC(=O)OCc3ccccc3)C(=O)CCCC3CCCN3C)c3ccccc3n2)cc1. The molecule has 2 atom stereocenters. The number of likely N-dealkylation sites (tertiary alicyclic amines) is 1. The first-order valence-corrected chi connectivity index (χ1v) is 16.7. The molecular formula is C39H45N3O5. The van der Waals surface area contributed by atoms with Crippen LogP contribution in [0.1, 0.15) is 73.7 Å². The number of amides is 1. The maximum absolute atomic E-state index is 14.0. The Labute approximate surface area is 277 Å². The average molecular weight is 636 g/mol. The Morgan fingerprint density at radius 2 is 1.70 bits per heavy atom. The van der Waals surface area contributed by atoms with Gasteiger partial charge in [-0.3, -0.25) is 14.4 Å². The van der Waals surface area contributed by atoms with Crippen molar-refractivity contribution in [3.05, 3.63) is 96.1 Å². The van der Waals surface area contributed by atoms with E-state index in [9.17, 15) is 14.4 Å². The fourth-order valence-electron chi connectivity index (χ4n) is 6.28. The summed E-state index contributed by atoms with van der Waals surface area (Å²) in [6.07, 6.45) is 6.41. The number of esters is 1. The van der Waals surface area contributed by atoms with Crippen LogP contribution in [-0.2, 0) is 20.9 Å². The fourth-order valence-corrected chi connectivity index (χ4v) is 6.28. The molecule has 2 heterocycles. The van der Waals surface area contributed by atoms with Crippen LogP contribution in [0.25, 0.3) is 22.2 Å². The zero-order valence-electron chi connectivity index (χ0n) is 27.5. The molecule has 5 rings (SSSR count). The summed E-state index contributed by atoms with van der Waals surface area (Å²) < 4.78 is 10.7. The number of carbonyl (C=O) groups excluding carboxylic acids is 3. The van der Waals surface area contributed by atoms with Crippen molar-refractivity contribution < 1.29 is 23.9 Å². The minimum absolute atomic E-state index is 0.0272. The normalized spacial score (nSPS) is 15.3. The van der Waals surface area contributed by atoms with Gasteiger partial charge in [-0.2, -0.15) is 0 Å².